The van der Waals surface area contributed by atoms with Gasteiger partial charge in [0, 0.05) is 26.4 Å². The maximum Gasteiger partial charge on any atom is 0.0671 e. The molecule has 1 aliphatic carbocycles. The lowest BCUT2D eigenvalue weighted by Crippen LogP contribution is -2.29. The monoisotopic (exact) mass is 257 g/mol. The fraction of sp³-hybridized carbons (Fsp3) is 1.00. The van der Waals surface area contributed by atoms with Crippen molar-refractivity contribution in [1.82, 2.24) is 5.32 Å². The summed E-state index contributed by atoms with van der Waals surface area (Å²) in [4.78, 5) is 0. The third kappa shape index (κ3) is 8.06. The van der Waals surface area contributed by atoms with Crippen molar-refractivity contribution >= 4 is 0 Å². The van der Waals surface area contributed by atoms with Crippen LogP contribution in [0.25, 0.3) is 0 Å². The fourth-order valence-electron chi connectivity index (χ4n) is 2.46. The summed E-state index contributed by atoms with van der Waals surface area (Å²) in [6.07, 6.45) is 8.38. The van der Waals surface area contributed by atoms with E-state index in [1.54, 1.807) is 0 Å². The van der Waals surface area contributed by atoms with Crippen molar-refractivity contribution < 1.29 is 9.47 Å². The third-order valence-corrected chi connectivity index (χ3v) is 3.62. The van der Waals surface area contributed by atoms with Crippen LogP contribution in [0.15, 0.2) is 0 Å². The van der Waals surface area contributed by atoms with Crippen molar-refractivity contribution in [3.05, 3.63) is 0 Å². The quantitative estimate of drug-likeness (QED) is 0.610. The minimum absolute atomic E-state index is 0.332. The summed E-state index contributed by atoms with van der Waals surface area (Å²) in [6.45, 7) is 8.83. The molecule has 0 aromatic rings. The Labute approximate surface area is 113 Å². The molecule has 0 aliphatic heterocycles. The van der Waals surface area contributed by atoms with E-state index in [-0.39, 0.29) is 0 Å². The molecule has 0 radical (unpaired) electrons. The first kappa shape index (κ1) is 15.9. The first-order valence-electron chi connectivity index (χ1n) is 7.73. The van der Waals surface area contributed by atoms with Crippen LogP contribution in [-0.4, -0.2) is 39.0 Å². The summed E-state index contributed by atoms with van der Waals surface area (Å²) >= 11 is 0. The van der Waals surface area contributed by atoms with E-state index in [9.17, 15) is 0 Å². The topological polar surface area (TPSA) is 30.5 Å². The average molecular weight is 257 g/mol. The Balaban J connectivity index is 1.88. The minimum atomic E-state index is 0.332. The lowest BCUT2D eigenvalue weighted by atomic mass is 9.90. The van der Waals surface area contributed by atoms with E-state index in [4.69, 9.17) is 9.47 Å². The predicted molar refractivity (Wildman–Crippen MR) is 76.0 cm³/mol. The van der Waals surface area contributed by atoms with Crippen LogP contribution < -0.4 is 5.32 Å². The molecule has 1 fully saturated rings. The van der Waals surface area contributed by atoms with Crippen molar-refractivity contribution in [1.29, 1.82) is 0 Å². The fourth-order valence-corrected chi connectivity index (χ4v) is 2.46. The van der Waals surface area contributed by atoms with Gasteiger partial charge in [-0.1, -0.05) is 19.3 Å². The molecule has 1 aliphatic rings. The normalized spacial score (nSPS) is 19.0. The Morgan fingerprint density at radius 3 is 2.72 bits per heavy atom. The van der Waals surface area contributed by atoms with Crippen molar-refractivity contribution in [2.45, 2.75) is 58.5 Å². The zero-order valence-corrected chi connectivity index (χ0v) is 12.2. The molecule has 1 atom stereocenters. The highest BCUT2D eigenvalue weighted by molar-refractivity contribution is 4.66. The van der Waals surface area contributed by atoms with Gasteiger partial charge in [0.2, 0.25) is 0 Å². The molecule has 0 heterocycles. The van der Waals surface area contributed by atoms with Gasteiger partial charge in [-0.15, -0.1) is 0 Å². The van der Waals surface area contributed by atoms with Crippen LogP contribution in [0.1, 0.15) is 52.4 Å². The van der Waals surface area contributed by atoms with Crippen LogP contribution in [0.2, 0.25) is 0 Å². The summed E-state index contributed by atoms with van der Waals surface area (Å²) in [5, 5.41) is 3.43. The van der Waals surface area contributed by atoms with E-state index in [1.807, 2.05) is 6.92 Å². The average Bonchev–Trinajstić information content (AvgIpc) is 2.41. The number of nitrogens with one attached hydrogen (secondary N) is 1. The van der Waals surface area contributed by atoms with E-state index >= 15 is 0 Å². The standard InChI is InChI=1S/C15H31NO2/c1-3-17-11-7-10-16-12-14(2)18-13-15-8-5-4-6-9-15/h14-16H,3-13H2,1-2H3. The van der Waals surface area contributed by atoms with Crippen LogP contribution >= 0.6 is 0 Å². The molecule has 0 aromatic heterocycles. The molecular formula is C15H31NO2. The van der Waals surface area contributed by atoms with Crippen LogP contribution in [0.5, 0.6) is 0 Å². The zero-order valence-electron chi connectivity index (χ0n) is 12.2. The van der Waals surface area contributed by atoms with Gasteiger partial charge >= 0.3 is 0 Å². The highest BCUT2D eigenvalue weighted by atomic mass is 16.5. The molecule has 1 rings (SSSR count). The maximum atomic E-state index is 5.92. The van der Waals surface area contributed by atoms with Gasteiger partial charge in [-0.2, -0.15) is 0 Å². The van der Waals surface area contributed by atoms with Gasteiger partial charge in [0.15, 0.2) is 0 Å². The number of hydrogen-bond acceptors (Lipinski definition) is 3. The molecule has 0 amide bonds. The Hall–Kier alpha value is -0.120. The second kappa shape index (κ2) is 10.8. The lowest BCUT2D eigenvalue weighted by molar-refractivity contribution is 0.0312. The van der Waals surface area contributed by atoms with Gasteiger partial charge < -0.3 is 14.8 Å². The zero-order chi connectivity index (χ0) is 13.1. The molecule has 108 valence electrons. The second-order valence-corrected chi connectivity index (χ2v) is 5.40. The number of rotatable bonds is 10. The van der Waals surface area contributed by atoms with E-state index in [0.29, 0.717) is 6.10 Å². The summed E-state index contributed by atoms with van der Waals surface area (Å²) in [7, 11) is 0. The largest absolute Gasteiger partial charge is 0.382 e. The van der Waals surface area contributed by atoms with Crippen LogP contribution in [0.3, 0.4) is 0 Å². The summed E-state index contributed by atoms with van der Waals surface area (Å²) in [5.41, 5.74) is 0. The van der Waals surface area contributed by atoms with E-state index in [2.05, 4.69) is 12.2 Å². The SMILES string of the molecule is CCOCCCNCC(C)OCC1CCCCC1. The molecule has 1 saturated carbocycles. The van der Waals surface area contributed by atoms with Crippen LogP contribution in [0, 0.1) is 5.92 Å². The first-order chi connectivity index (χ1) is 8.83. The van der Waals surface area contributed by atoms with Crippen LogP contribution in [0.4, 0.5) is 0 Å². The third-order valence-electron chi connectivity index (χ3n) is 3.62. The second-order valence-electron chi connectivity index (χ2n) is 5.40. The summed E-state index contributed by atoms with van der Waals surface area (Å²) < 4.78 is 11.2. The molecule has 0 saturated heterocycles. The van der Waals surface area contributed by atoms with E-state index in [1.165, 1.54) is 32.1 Å². The van der Waals surface area contributed by atoms with Gasteiger partial charge in [0.05, 0.1) is 6.10 Å². The summed E-state index contributed by atoms with van der Waals surface area (Å²) in [5.74, 6) is 0.819. The molecule has 0 aromatic carbocycles. The van der Waals surface area contributed by atoms with Gasteiger partial charge in [0.1, 0.15) is 0 Å². The summed E-state index contributed by atoms with van der Waals surface area (Å²) in [6, 6.07) is 0. The van der Waals surface area contributed by atoms with Crippen molar-refractivity contribution in [3.8, 4) is 0 Å². The van der Waals surface area contributed by atoms with Gasteiger partial charge in [-0.3, -0.25) is 0 Å². The smallest absolute Gasteiger partial charge is 0.0671 e. The molecule has 3 nitrogen and oxygen atoms in total. The molecular weight excluding hydrogens is 226 g/mol. The first-order valence-corrected chi connectivity index (χ1v) is 7.73. The Morgan fingerprint density at radius 1 is 1.22 bits per heavy atom. The minimum Gasteiger partial charge on any atom is -0.382 e. The number of ether oxygens (including phenoxy) is 2. The van der Waals surface area contributed by atoms with Crippen molar-refractivity contribution in [2.75, 3.05) is 32.9 Å². The van der Waals surface area contributed by atoms with Gasteiger partial charge in [-0.05, 0) is 45.6 Å². The lowest BCUT2D eigenvalue weighted by Gasteiger charge is -2.23. The highest BCUT2D eigenvalue weighted by Crippen LogP contribution is 2.23. The Morgan fingerprint density at radius 2 is 2.00 bits per heavy atom. The Kier molecular flexibility index (Phi) is 9.54. The molecule has 0 spiro atoms. The number of hydrogen-bond donors (Lipinski definition) is 1. The predicted octanol–water partition coefficient (Wildman–Crippen LogP) is 2.99. The Bertz CT molecular complexity index is 181. The van der Waals surface area contributed by atoms with Crippen molar-refractivity contribution in [2.24, 2.45) is 5.92 Å². The van der Waals surface area contributed by atoms with Crippen molar-refractivity contribution in [3.63, 3.8) is 0 Å². The molecule has 18 heavy (non-hydrogen) atoms. The molecule has 0 bridgehead atoms. The van der Waals surface area contributed by atoms with E-state index in [0.717, 1.165) is 45.2 Å². The van der Waals surface area contributed by atoms with Crippen LogP contribution in [-0.2, 0) is 9.47 Å². The van der Waals surface area contributed by atoms with Gasteiger partial charge in [0.25, 0.3) is 0 Å². The highest BCUT2D eigenvalue weighted by Gasteiger charge is 2.14. The molecule has 1 unspecified atom stereocenters. The molecule has 1 N–H and O–H groups in total. The van der Waals surface area contributed by atoms with Gasteiger partial charge in [-0.25, -0.2) is 0 Å². The molecule has 3 heteroatoms. The maximum absolute atomic E-state index is 5.92. The van der Waals surface area contributed by atoms with E-state index < -0.39 is 0 Å².